The third kappa shape index (κ3) is 4.07. The van der Waals surface area contributed by atoms with E-state index in [2.05, 4.69) is 49.9 Å². The Labute approximate surface area is 146 Å². The standard InChI is InChI=1S/C21H30N2O/c1-21(2,3)18-9-6-17(7-10-18)8-11-20(24)23-15-12-19(16-23)22-13-4-5-14-22/h6-11,19H,4-5,12-16H2,1-3H3/b11-8+. The van der Waals surface area contributed by atoms with Crippen molar-refractivity contribution in [3.8, 4) is 0 Å². The fourth-order valence-electron chi connectivity index (χ4n) is 3.71. The minimum atomic E-state index is 0.150. The molecule has 0 N–H and O–H groups in total. The van der Waals surface area contributed by atoms with E-state index in [4.69, 9.17) is 0 Å². The van der Waals surface area contributed by atoms with Crippen molar-refractivity contribution in [2.75, 3.05) is 26.2 Å². The number of amides is 1. The molecule has 0 aromatic heterocycles. The molecule has 2 heterocycles. The van der Waals surface area contributed by atoms with Crippen LogP contribution >= 0.6 is 0 Å². The van der Waals surface area contributed by atoms with Gasteiger partial charge in [-0.25, -0.2) is 0 Å². The summed E-state index contributed by atoms with van der Waals surface area (Å²) < 4.78 is 0. The number of likely N-dealkylation sites (tertiary alicyclic amines) is 2. The molecule has 2 fully saturated rings. The van der Waals surface area contributed by atoms with Crippen LogP contribution in [0.5, 0.6) is 0 Å². The van der Waals surface area contributed by atoms with Gasteiger partial charge in [0, 0.05) is 25.2 Å². The molecule has 0 radical (unpaired) electrons. The molecule has 1 aromatic rings. The summed E-state index contributed by atoms with van der Waals surface area (Å²) in [6, 6.07) is 9.09. The topological polar surface area (TPSA) is 23.6 Å². The molecule has 2 aliphatic rings. The molecule has 1 aromatic carbocycles. The van der Waals surface area contributed by atoms with E-state index >= 15 is 0 Å². The van der Waals surface area contributed by atoms with Crippen molar-refractivity contribution >= 4 is 12.0 Å². The lowest BCUT2D eigenvalue weighted by Gasteiger charge is -2.23. The van der Waals surface area contributed by atoms with Crippen molar-refractivity contribution in [3.05, 3.63) is 41.5 Å². The van der Waals surface area contributed by atoms with E-state index in [9.17, 15) is 4.79 Å². The summed E-state index contributed by atoms with van der Waals surface area (Å²) in [5.41, 5.74) is 2.57. The highest BCUT2D eigenvalue weighted by Gasteiger charge is 2.30. The first-order chi connectivity index (χ1) is 11.4. The van der Waals surface area contributed by atoms with Crippen molar-refractivity contribution in [1.82, 2.24) is 9.80 Å². The minimum absolute atomic E-state index is 0.150. The normalized spacial score (nSPS) is 22.6. The monoisotopic (exact) mass is 326 g/mol. The Morgan fingerprint density at radius 3 is 2.38 bits per heavy atom. The number of nitrogens with zero attached hydrogens (tertiary/aromatic N) is 2. The highest BCUT2D eigenvalue weighted by molar-refractivity contribution is 5.92. The fraction of sp³-hybridized carbons (Fsp3) is 0.571. The van der Waals surface area contributed by atoms with Crippen molar-refractivity contribution in [2.24, 2.45) is 0 Å². The average molecular weight is 326 g/mol. The van der Waals surface area contributed by atoms with Crippen LogP contribution in [-0.2, 0) is 10.2 Å². The molecule has 0 aliphatic carbocycles. The summed E-state index contributed by atoms with van der Waals surface area (Å²) in [4.78, 5) is 17.0. The van der Waals surface area contributed by atoms with Gasteiger partial charge in [0.2, 0.25) is 5.91 Å². The van der Waals surface area contributed by atoms with Crippen LogP contribution in [0.3, 0.4) is 0 Å². The first-order valence-corrected chi connectivity index (χ1v) is 9.25. The molecule has 24 heavy (non-hydrogen) atoms. The zero-order valence-electron chi connectivity index (χ0n) is 15.3. The van der Waals surface area contributed by atoms with Gasteiger partial charge in [0.1, 0.15) is 0 Å². The molecular formula is C21H30N2O. The van der Waals surface area contributed by atoms with Gasteiger partial charge in [-0.2, -0.15) is 0 Å². The lowest BCUT2D eigenvalue weighted by molar-refractivity contribution is -0.125. The molecule has 1 unspecified atom stereocenters. The Morgan fingerprint density at radius 1 is 1.08 bits per heavy atom. The highest BCUT2D eigenvalue weighted by Crippen LogP contribution is 2.23. The van der Waals surface area contributed by atoms with Crippen molar-refractivity contribution < 1.29 is 4.79 Å². The molecule has 3 nitrogen and oxygen atoms in total. The van der Waals surface area contributed by atoms with Gasteiger partial charge in [-0.3, -0.25) is 9.69 Å². The van der Waals surface area contributed by atoms with E-state index in [0.717, 1.165) is 25.1 Å². The highest BCUT2D eigenvalue weighted by atomic mass is 16.2. The number of hydrogen-bond acceptors (Lipinski definition) is 2. The van der Waals surface area contributed by atoms with Crippen molar-refractivity contribution in [2.45, 2.75) is 51.5 Å². The molecule has 0 saturated carbocycles. The third-order valence-electron chi connectivity index (χ3n) is 5.33. The smallest absolute Gasteiger partial charge is 0.246 e. The van der Waals surface area contributed by atoms with Gasteiger partial charge in [-0.1, -0.05) is 45.0 Å². The van der Waals surface area contributed by atoms with Crippen LogP contribution < -0.4 is 0 Å². The van der Waals surface area contributed by atoms with E-state index in [1.165, 1.54) is 31.5 Å². The molecule has 2 aliphatic heterocycles. The second-order valence-corrected chi connectivity index (χ2v) is 8.18. The zero-order chi connectivity index (χ0) is 17.2. The molecule has 2 saturated heterocycles. The van der Waals surface area contributed by atoms with Gasteiger partial charge in [0.25, 0.3) is 0 Å². The van der Waals surface area contributed by atoms with E-state index in [-0.39, 0.29) is 11.3 Å². The quantitative estimate of drug-likeness (QED) is 0.791. The molecule has 0 bridgehead atoms. The van der Waals surface area contributed by atoms with Crippen molar-refractivity contribution in [3.63, 3.8) is 0 Å². The Hall–Kier alpha value is -1.61. The summed E-state index contributed by atoms with van der Waals surface area (Å²) >= 11 is 0. The van der Waals surface area contributed by atoms with Crippen molar-refractivity contribution in [1.29, 1.82) is 0 Å². The number of carbonyl (C=O) groups is 1. The minimum Gasteiger partial charge on any atom is -0.338 e. The summed E-state index contributed by atoms with van der Waals surface area (Å²) in [6.07, 6.45) is 7.43. The second kappa shape index (κ2) is 7.10. The molecule has 0 spiro atoms. The molecule has 1 amide bonds. The first kappa shape index (κ1) is 17.2. The van der Waals surface area contributed by atoms with E-state index in [1.54, 1.807) is 6.08 Å². The van der Waals surface area contributed by atoms with Crippen LogP contribution in [0.15, 0.2) is 30.3 Å². The van der Waals surface area contributed by atoms with E-state index in [0.29, 0.717) is 6.04 Å². The zero-order valence-corrected chi connectivity index (χ0v) is 15.3. The van der Waals surface area contributed by atoms with Gasteiger partial charge in [-0.05, 0) is 55.0 Å². The lowest BCUT2D eigenvalue weighted by Crippen LogP contribution is -2.36. The number of hydrogen-bond donors (Lipinski definition) is 0. The maximum absolute atomic E-state index is 12.4. The van der Waals surface area contributed by atoms with Crippen LogP contribution in [-0.4, -0.2) is 47.9 Å². The Morgan fingerprint density at radius 2 is 1.75 bits per heavy atom. The van der Waals surface area contributed by atoms with Crippen LogP contribution in [0, 0.1) is 0 Å². The number of rotatable bonds is 3. The number of benzene rings is 1. The van der Waals surface area contributed by atoms with Crippen LogP contribution in [0.1, 0.15) is 51.2 Å². The Balaban J connectivity index is 1.55. The van der Waals surface area contributed by atoms with E-state index < -0.39 is 0 Å². The lowest BCUT2D eigenvalue weighted by atomic mass is 9.87. The van der Waals surface area contributed by atoms with Gasteiger partial charge in [-0.15, -0.1) is 0 Å². The maximum Gasteiger partial charge on any atom is 0.246 e. The fourth-order valence-corrected chi connectivity index (χ4v) is 3.71. The Kier molecular flexibility index (Phi) is 5.09. The van der Waals surface area contributed by atoms with Crippen LogP contribution in [0.4, 0.5) is 0 Å². The molecular weight excluding hydrogens is 296 g/mol. The van der Waals surface area contributed by atoms with E-state index in [1.807, 2.05) is 11.0 Å². The maximum atomic E-state index is 12.4. The summed E-state index contributed by atoms with van der Waals surface area (Å²) in [7, 11) is 0. The summed E-state index contributed by atoms with van der Waals surface area (Å²) in [6.45, 7) is 10.9. The average Bonchev–Trinajstić information content (AvgIpc) is 3.22. The SMILES string of the molecule is CC(C)(C)c1ccc(/C=C/C(=O)N2CCC(N3CCCC3)C2)cc1. The van der Waals surface area contributed by atoms with Gasteiger partial charge in [0.05, 0.1) is 0 Å². The predicted molar refractivity (Wildman–Crippen MR) is 100.0 cm³/mol. The summed E-state index contributed by atoms with van der Waals surface area (Å²) in [5, 5.41) is 0. The molecule has 3 heteroatoms. The molecule has 1 atom stereocenters. The van der Waals surface area contributed by atoms with Gasteiger partial charge < -0.3 is 4.90 Å². The molecule has 3 rings (SSSR count). The van der Waals surface area contributed by atoms with Crippen LogP contribution in [0.25, 0.3) is 6.08 Å². The Bertz CT molecular complexity index is 591. The van der Waals surface area contributed by atoms with Crippen LogP contribution in [0.2, 0.25) is 0 Å². The first-order valence-electron chi connectivity index (χ1n) is 9.25. The second-order valence-electron chi connectivity index (χ2n) is 8.18. The van der Waals surface area contributed by atoms with Gasteiger partial charge >= 0.3 is 0 Å². The molecule has 130 valence electrons. The van der Waals surface area contributed by atoms with Gasteiger partial charge in [0.15, 0.2) is 0 Å². The predicted octanol–water partition coefficient (Wildman–Crippen LogP) is 3.69. The largest absolute Gasteiger partial charge is 0.338 e. The summed E-state index contributed by atoms with van der Waals surface area (Å²) in [5.74, 6) is 0.150. The third-order valence-corrected chi connectivity index (χ3v) is 5.33. The number of carbonyl (C=O) groups excluding carboxylic acids is 1.